The van der Waals surface area contributed by atoms with Gasteiger partial charge in [0.1, 0.15) is 13.2 Å². The monoisotopic (exact) mass is 397 g/mol. The summed E-state index contributed by atoms with van der Waals surface area (Å²) in [5.41, 5.74) is 0.758. The van der Waals surface area contributed by atoms with Crippen molar-refractivity contribution in [3.63, 3.8) is 0 Å². The van der Waals surface area contributed by atoms with Crippen LogP contribution in [0.15, 0.2) is 18.2 Å². The maximum atomic E-state index is 12.5. The summed E-state index contributed by atoms with van der Waals surface area (Å²) in [7, 11) is -3.20. The van der Waals surface area contributed by atoms with E-state index in [1.54, 1.807) is 4.90 Å². The topological polar surface area (TPSA) is 88.2 Å². The molecule has 2 amide bonds. The molecule has 9 heteroatoms. The van der Waals surface area contributed by atoms with Gasteiger partial charge in [0, 0.05) is 38.1 Å². The Kier molecular flexibility index (Phi) is 5.53. The number of benzene rings is 1. The Morgan fingerprint density at radius 2 is 1.74 bits per heavy atom. The van der Waals surface area contributed by atoms with Crippen molar-refractivity contribution in [3.8, 4) is 11.5 Å². The molecule has 27 heavy (non-hydrogen) atoms. The van der Waals surface area contributed by atoms with Crippen LogP contribution in [0.5, 0.6) is 11.5 Å². The number of hydrogen-bond donors (Lipinski definition) is 1. The van der Waals surface area contributed by atoms with Gasteiger partial charge in [-0.1, -0.05) is 19.9 Å². The molecule has 0 bridgehead atoms. The molecular weight excluding hydrogens is 370 g/mol. The van der Waals surface area contributed by atoms with Gasteiger partial charge < -0.3 is 19.7 Å². The van der Waals surface area contributed by atoms with Gasteiger partial charge in [-0.25, -0.2) is 13.2 Å². The summed E-state index contributed by atoms with van der Waals surface area (Å²) in [4.78, 5) is 14.1. The number of ether oxygens (including phenoxy) is 2. The van der Waals surface area contributed by atoms with E-state index in [1.807, 2.05) is 18.2 Å². The molecule has 0 spiro atoms. The molecule has 1 N–H and O–H groups in total. The van der Waals surface area contributed by atoms with Crippen LogP contribution in [0.2, 0.25) is 0 Å². The van der Waals surface area contributed by atoms with E-state index in [4.69, 9.17) is 9.47 Å². The number of amides is 2. The van der Waals surface area contributed by atoms with E-state index in [0.29, 0.717) is 45.9 Å². The lowest BCUT2D eigenvalue weighted by atomic mass is 9.84. The molecule has 1 fully saturated rings. The van der Waals surface area contributed by atoms with E-state index in [1.165, 1.54) is 10.6 Å². The molecule has 0 aromatic heterocycles. The van der Waals surface area contributed by atoms with Gasteiger partial charge in [-0.2, -0.15) is 4.31 Å². The summed E-state index contributed by atoms with van der Waals surface area (Å²) in [6.45, 7) is 7.10. The predicted octanol–water partition coefficient (Wildman–Crippen LogP) is 1.02. The van der Waals surface area contributed by atoms with Crippen molar-refractivity contribution in [3.05, 3.63) is 23.8 Å². The predicted molar refractivity (Wildman–Crippen MR) is 102 cm³/mol. The first-order chi connectivity index (χ1) is 12.7. The van der Waals surface area contributed by atoms with Crippen LogP contribution < -0.4 is 14.8 Å². The summed E-state index contributed by atoms with van der Waals surface area (Å²) >= 11 is 0. The second kappa shape index (κ2) is 7.55. The van der Waals surface area contributed by atoms with E-state index in [2.05, 4.69) is 19.2 Å². The molecule has 3 rings (SSSR count). The lowest BCUT2D eigenvalue weighted by molar-refractivity contribution is 0.169. The van der Waals surface area contributed by atoms with Crippen LogP contribution in [0.3, 0.4) is 0 Å². The second-order valence-corrected chi connectivity index (χ2v) is 9.53. The van der Waals surface area contributed by atoms with Gasteiger partial charge in [0.15, 0.2) is 11.5 Å². The minimum absolute atomic E-state index is 0.172. The number of rotatable bonds is 4. The van der Waals surface area contributed by atoms with Gasteiger partial charge >= 0.3 is 6.03 Å². The third-order valence-electron chi connectivity index (χ3n) is 5.00. The van der Waals surface area contributed by atoms with Gasteiger partial charge in [-0.3, -0.25) is 0 Å². The van der Waals surface area contributed by atoms with Gasteiger partial charge in [-0.05, 0) is 17.7 Å². The number of sulfonamides is 1. The zero-order valence-electron chi connectivity index (χ0n) is 16.0. The van der Waals surface area contributed by atoms with Crippen molar-refractivity contribution in [2.45, 2.75) is 19.3 Å². The van der Waals surface area contributed by atoms with Gasteiger partial charge in [0.2, 0.25) is 10.0 Å². The zero-order valence-corrected chi connectivity index (χ0v) is 16.8. The molecule has 0 atom stereocenters. The number of urea groups is 1. The van der Waals surface area contributed by atoms with E-state index in [0.717, 1.165) is 17.1 Å². The smallest absolute Gasteiger partial charge is 0.317 e. The summed E-state index contributed by atoms with van der Waals surface area (Å²) in [5, 5.41) is 2.97. The molecule has 2 aliphatic heterocycles. The summed E-state index contributed by atoms with van der Waals surface area (Å²) in [6.07, 6.45) is 1.19. The number of hydrogen-bond acceptors (Lipinski definition) is 5. The molecule has 8 nitrogen and oxygen atoms in total. The minimum atomic E-state index is -3.20. The highest BCUT2D eigenvalue weighted by Crippen LogP contribution is 2.34. The van der Waals surface area contributed by atoms with Gasteiger partial charge in [-0.15, -0.1) is 0 Å². The van der Waals surface area contributed by atoms with Crippen molar-refractivity contribution in [2.75, 3.05) is 52.2 Å². The Morgan fingerprint density at radius 1 is 1.11 bits per heavy atom. The van der Waals surface area contributed by atoms with Crippen LogP contribution in [0.4, 0.5) is 4.79 Å². The number of fused-ring (bicyclic) bond motifs is 1. The minimum Gasteiger partial charge on any atom is -0.486 e. The fourth-order valence-corrected chi connectivity index (χ4v) is 4.02. The Bertz CT molecular complexity index is 801. The Labute approximate surface area is 160 Å². The van der Waals surface area contributed by atoms with E-state index in [9.17, 15) is 13.2 Å². The number of nitrogens with zero attached hydrogens (tertiary/aromatic N) is 2. The quantitative estimate of drug-likeness (QED) is 0.820. The second-order valence-electron chi connectivity index (χ2n) is 7.55. The van der Waals surface area contributed by atoms with Crippen molar-refractivity contribution < 1.29 is 22.7 Å². The molecule has 2 heterocycles. The fourth-order valence-electron chi connectivity index (χ4n) is 3.20. The van der Waals surface area contributed by atoms with Crippen LogP contribution in [-0.4, -0.2) is 75.8 Å². The molecule has 0 saturated carbocycles. The van der Waals surface area contributed by atoms with Crippen molar-refractivity contribution in [2.24, 2.45) is 0 Å². The zero-order chi connectivity index (χ0) is 19.7. The third kappa shape index (κ3) is 4.65. The van der Waals surface area contributed by atoms with E-state index < -0.39 is 10.0 Å². The highest BCUT2D eigenvalue weighted by atomic mass is 32.2. The molecule has 1 aromatic carbocycles. The molecule has 1 aromatic rings. The first-order valence-electron chi connectivity index (χ1n) is 9.05. The van der Waals surface area contributed by atoms with Crippen LogP contribution in [0.25, 0.3) is 0 Å². The normalized spacial score (nSPS) is 18.3. The Balaban J connectivity index is 1.56. The molecule has 0 aliphatic carbocycles. The van der Waals surface area contributed by atoms with Crippen LogP contribution >= 0.6 is 0 Å². The van der Waals surface area contributed by atoms with Crippen LogP contribution in [0, 0.1) is 0 Å². The lowest BCUT2D eigenvalue weighted by Gasteiger charge is -2.34. The van der Waals surface area contributed by atoms with Gasteiger partial charge in [0.25, 0.3) is 0 Å². The fraction of sp³-hybridized carbons (Fsp3) is 0.611. The lowest BCUT2D eigenvalue weighted by Crippen LogP contribution is -2.54. The Morgan fingerprint density at radius 3 is 2.37 bits per heavy atom. The average Bonchev–Trinajstić information content (AvgIpc) is 2.65. The molecule has 0 unspecified atom stereocenters. The van der Waals surface area contributed by atoms with Crippen molar-refractivity contribution >= 4 is 16.1 Å². The molecule has 1 saturated heterocycles. The van der Waals surface area contributed by atoms with Gasteiger partial charge in [0.05, 0.1) is 6.26 Å². The molecule has 2 aliphatic rings. The van der Waals surface area contributed by atoms with Crippen LogP contribution in [0.1, 0.15) is 19.4 Å². The molecule has 0 radical (unpaired) electrons. The first kappa shape index (κ1) is 19.8. The van der Waals surface area contributed by atoms with Crippen molar-refractivity contribution in [1.82, 2.24) is 14.5 Å². The van der Waals surface area contributed by atoms with E-state index >= 15 is 0 Å². The summed E-state index contributed by atoms with van der Waals surface area (Å²) < 4.78 is 35.7. The SMILES string of the molecule is CC(C)(CNC(=O)N1CCN(S(C)(=O)=O)CC1)c1ccc2c(c1)OCCO2. The molecule has 150 valence electrons. The maximum Gasteiger partial charge on any atom is 0.317 e. The molecular formula is C18H27N3O5S. The van der Waals surface area contributed by atoms with E-state index in [-0.39, 0.29) is 11.4 Å². The number of carbonyl (C=O) groups is 1. The number of piperazine rings is 1. The Hall–Kier alpha value is -2.00. The number of nitrogens with one attached hydrogen (secondary N) is 1. The highest BCUT2D eigenvalue weighted by Gasteiger charge is 2.28. The largest absolute Gasteiger partial charge is 0.486 e. The standard InChI is InChI=1S/C18H27N3O5S/c1-18(2,14-4-5-15-16(12-14)26-11-10-25-15)13-19-17(22)20-6-8-21(9-7-20)27(3,23)24/h4-5,12H,6-11,13H2,1-3H3,(H,19,22). The number of carbonyl (C=O) groups excluding carboxylic acids is 1. The van der Waals surface area contributed by atoms with Crippen molar-refractivity contribution in [1.29, 1.82) is 0 Å². The first-order valence-corrected chi connectivity index (χ1v) is 10.9. The average molecular weight is 397 g/mol. The highest BCUT2D eigenvalue weighted by molar-refractivity contribution is 7.88. The maximum absolute atomic E-state index is 12.5. The third-order valence-corrected chi connectivity index (χ3v) is 6.30. The summed E-state index contributed by atoms with van der Waals surface area (Å²) in [6, 6.07) is 5.68. The van der Waals surface area contributed by atoms with Crippen LogP contribution in [-0.2, 0) is 15.4 Å². The summed E-state index contributed by atoms with van der Waals surface area (Å²) in [5.74, 6) is 1.48.